The van der Waals surface area contributed by atoms with Crippen LogP contribution in [0, 0.1) is 13.8 Å². The molecule has 0 fully saturated rings. The molecule has 0 spiro atoms. The van der Waals surface area contributed by atoms with Crippen molar-refractivity contribution in [1.82, 2.24) is 25.5 Å². The highest BCUT2D eigenvalue weighted by Crippen LogP contribution is 2.15. The molecular formula is C18H20N6O2. The van der Waals surface area contributed by atoms with Crippen molar-refractivity contribution in [3.8, 4) is 11.4 Å². The molecule has 8 heteroatoms. The van der Waals surface area contributed by atoms with Gasteiger partial charge in [0.25, 0.3) is 0 Å². The molecule has 8 nitrogen and oxygen atoms in total. The van der Waals surface area contributed by atoms with Crippen LogP contribution in [0.4, 0.5) is 10.5 Å². The number of aromatic nitrogens is 4. The van der Waals surface area contributed by atoms with E-state index in [9.17, 15) is 4.79 Å². The number of benzene rings is 2. The molecule has 0 radical (unpaired) electrons. The van der Waals surface area contributed by atoms with E-state index in [0.717, 1.165) is 17.0 Å². The zero-order chi connectivity index (χ0) is 18.5. The molecule has 134 valence electrons. The number of carbonyl (C=O) groups is 1. The highest BCUT2D eigenvalue weighted by molar-refractivity contribution is 5.89. The van der Waals surface area contributed by atoms with Gasteiger partial charge >= 0.3 is 6.03 Å². The predicted octanol–water partition coefficient (Wildman–Crippen LogP) is 2.61. The van der Waals surface area contributed by atoms with Crippen molar-refractivity contribution in [1.29, 1.82) is 0 Å². The molecule has 3 aromatic rings. The van der Waals surface area contributed by atoms with E-state index >= 15 is 0 Å². The Morgan fingerprint density at radius 2 is 1.88 bits per heavy atom. The third-order valence-corrected chi connectivity index (χ3v) is 4.02. The van der Waals surface area contributed by atoms with Crippen LogP contribution in [-0.4, -0.2) is 33.3 Å². The Labute approximate surface area is 151 Å². The third kappa shape index (κ3) is 3.97. The van der Waals surface area contributed by atoms with Crippen molar-refractivity contribution in [2.24, 2.45) is 0 Å². The molecule has 0 bridgehead atoms. The van der Waals surface area contributed by atoms with E-state index in [-0.39, 0.29) is 12.6 Å². The zero-order valence-electron chi connectivity index (χ0n) is 14.9. The molecule has 2 aromatic carbocycles. The third-order valence-electron chi connectivity index (χ3n) is 4.02. The van der Waals surface area contributed by atoms with Crippen LogP contribution >= 0.6 is 0 Å². The summed E-state index contributed by atoms with van der Waals surface area (Å²) in [7, 11) is 1.59. The van der Waals surface area contributed by atoms with Gasteiger partial charge < -0.3 is 15.4 Å². The number of amides is 2. The second-order valence-corrected chi connectivity index (χ2v) is 5.81. The number of rotatable bonds is 5. The Balaban J connectivity index is 1.63. The average molecular weight is 352 g/mol. The lowest BCUT2D eigenvalue weighted by molar-refractivity contribution is 0.251. The van der Waals surface area contributed by atoms with Gasteiger partial charge in [-0.25, -0.2) is 4.79 Å². The van der Waals surface area contributed by atoms with Crippen LogP contribution in [0.15, 0.2) is 42.5 Å². The lowest BCUT2D eigenvalue weighted by atomic mass is 10.1. The van der Waals surface area contributed by atoms with E-state index < -0.39 is 0 Å². The summed E-state index contributed by atoms with van der Waals surface area (Å²) in [5.41, 5.74) is 3.86. The smallest absolute Gasteiger partial charge is 0.319 e. The van der Waals surface area contributed by atoms with Gasteiger partial charge in [-0.05, 0) is 71.8 Å². The Morgan fingerprint density at radius 1 is 1.12 bits per heavy atom. The SMILES string of the molecule is COc1ccc(NC(=O)NCc2nnnn2-c2ccc(C)c(C)c2)cc1. The topological polar surface area (TPSA) is 94.0 Å². The lowest BCUT2D eigenvalue weighted by Gasteiger charge is -2.09. The number of nitrogens with zero attached hydrogens (tertiary/aromatic N) is 4. The Kier molecular flexibility index (Phi) is 5.12. The molecule has 1 aromatic heterocycles. The molecule has 0 atom stereocenters. The monoisotopic (exact) mass is 352 g/mol. The van der Waals surface area contributed by atoms with Crippen molar-refractivity contribution in [3.63, 3.8) is 0 Å². The highest BCUT2D eigenvalue weighted by atomic mass is 16.5. The van der Waals surface area contributed by atoms with E-state index in [1.165, 1.54) is 5.56 Å². The average Bonchev–Trinajstić information content (AvgIpc) is 3.11. The molecule has 0 unspecified atom stereocenters. The quantitative estimate of drug-likeness (QED) is 0.736. The zero-order valence-corrected chi connectivity index (χ0v) is 14.9. The van der Waals surface area contributed by atoms with Crippen LogP contribution < -0.4 is 15.4 Å². The normalized spacial score (nSPS) is 10.4. The minimum Gasteiger partial charge on any atom is -0.497 e. The van der Waals surface area contributed by atoms with Crippen LogP contribution in [-0.2, 0) is 6.54 Å². The van der Waals surface area contributed by atoms with Crippen molar-refractivity contribution < 1.29 is 9.53 Å². The summed E-state index contributed by atoms with van der Waals surface area (Å²) in [5, 5.41) is 17.2. The van der Waals surface area contributed by atoms with Gasteiger partial charge in [0, 0.05) is 5.69 Å². The van der Waals surface area contributed by atoms with Crippen molar-refractivity contribution in [2.45, 2.75) is 20.4 Å². The fraction of sp³-hybridized carbons (Fsp3) is 0.222. The molecule has 0 saturated heterocycles. The van der Waals surface area contributed by atoms with Gasteiger partial charge in [0.15, 0.2) is 5.82 Å². The first-order valence-electron chi connectivity index (χ1n) is 8.10. The summed E-state index contributed by atoms with van der Waals surface area (Å²) in [6.07, 6.45) is 0. The molecule has 2 amide bonds. The first-order valence-corrected chi connectivity index (χ1v) is 8.10. The first-order chi connectivity index (χ1) is 12.6. The molecule has 0 saturated carbocycles. The van der Waals surface area contributed by atoms with Crippen LogP contribution in [0.3, 0.4) is 0 Å². The molecule has 0 aliphatic carbocycles. The summed E-state index contributed by atoms with van der Waals surface area (Å²) in [4.78, 5) is 12.1. The second-order valence-electron chi connectivity index (χ2n) is 5.81. The molecule has 1 heterocycles. The van der Waals surface area contributed by atoms with Gasteiger partial charge in [0.05, 0.1) is 19.3 Å². The highest BCUT2D eigenvalue weighted by Gasteiger charge is 2.10. The summed E-state index contributed by atoms with van der Waals surface area (Å²) in [6.45, 7) is 4.27. The van der Waals surface area contributed by atoms with E-state index in [0.29, 0.717) is 11.5 Å². The summed E-state index contributed by atoms with van der Waals surface area (Å²) < 4.78 is 6.70. The maximum atomic E-state index is 12.1. The maximum Gasteiger partial charge on any atom is 0.319 e. The number of nitrogens with one attached hydrogen (secondary N) is 2. The van der Waals surface area contributed by atoms with Crippen molar-refractivity contribution in [3.05, 3.63) is 59.4 Å². The van der Waals surface area contributed by atoms with E-state index in [2.05, 4.69) is 26.2 Å². The number of anilines is 1. The Hall–Kier alpha value is -3.42. The van der Waals surface area contributed by atoms with Crippen molar-refractivity contribution in [2.75, 3.05) is 12.4 Å². The fourth-order valence-electron chi connectivity index (χ4n) is 2.38. The molecule has 3 rings (SSSR count). The summed E-state index contributed by atoms with van der Waals surface area (Å²) >= 11 is 0. The van der Waals surface area contributed by atoms with Gasteiger partial charge in [-0.15, -0.1) is 5.10 Å². The molecule has 0 aliphatic rings. The number of aryl methyl sites for hydroxylation is 2. The van der Waals surface area contributed by atoms with Crippen LogP contribution in [0.2, 0.25) is 0 Å². The van der Waals surface area contributed by atoms with Crippen LogP contribution in [0.1, 0.15) is 17.0 Å². The molecule has 0 aliphatic heterocycles. The molecular weight excluding hydrogens is 332 g/mol. The fourth-order valence-corrected chi connectivity index (χ4v) is 2.38. The lowest BCUT2D eigenvalue weighted by Crippen LogP contribution is -2.29. The van der Waals surface area contributed by atoms with Gasteiger partial charge in [-0.3, -0.25) is 0 Å². The number of hydrogen-bond acceptors (Lipinski definition) is 5. The van der Waals surface area contributed by atoms with Crippen LogP contribution in [0.25, 0.3) is 5.69 Å². The number of urea groups is 1. The second kappa shape index (κ2) is 7.64. The van der Waals surface area contributed by atoms with Gasteiger partial charge in [0.2, 0.25) is 0 Å². The number of hydrogen-bond donors (Lipinski definition) is 2. The van der Waals surface area contributed by atoms with Crippen LogP contribution in [0.5, 0.6) is 5.75 Å². The predicted molar refractivity (Wildman–Crippen MR) is 97.5 cm³/mol. The molecule has 2 N–H and O–H groups in total. The molecule has 26 heavy (non-hydrogen) atoms. The Bertz CT molecular complexity index is 904. The van der Waals surface area contributed by atoms with E-state index in [1.54, 1.807) is 36.1 Å². The summed E-state index contributed by atoms with van der Waals surface area (Å²) in [5.74, 6) is 1.27. The number of methoxy groups -OCH3 is 1. The minimum atomic E-state index is -0.343. The van der Waals surface area contributed by atoms with E-state index in [1.807, 2.05) is 32.0 Å². The van der Waals surface area contributed by atoms with Gasteiger partial charge in [-0.1, -0.05) is 6.07 Å². The van der Waals surface area contributed by atoms with Crippen molar-refractivity contribution >= 4 is 11.7 Å². The Morgan fingerprint density at radius 3 is 2.58 bits per heavy atom. The van der Waals surface area contributed by atoms with Gasteiger partial charge in [-0.2, -0.15) is 4.68 Å². The summed E-state index contributed by atoms with van der Waals surface area (Å²) in [6, 6.07) is 12.7. The van der Waals surface area contributed by atoms with Gasteiger partial charge in [0.1, 0.15) is 5.75 Å². The van der Waals surface area contributed by atoms with E-state index in [4.69, 9.17) is 4.74 Å². The number of ether oxygens (including phenoxy) is 1. The largest absolute Gasteiger partial charge is 0.497 e. The standard InChI is InChI=1S/C18H20N6O2/c1-12-4-7-15(10-13(12)2)24-17(21-22-23-24)11-19-18(25)20-14-5-8-16(26-3)9-6-14/h4-10H,11H2,1-3H3,(H2,19,20,25). The number of tetrazole rings is 1. The maximum absolute atomic E-state index is 12.1. The minimum absolute atomic E-state index is 0.196. The number of carbonyl (C=O) groups excluding carboxylic acids is 1. The first kappa shape index (κ1) is 17.4.